The van der Waals surface area contributed by atoms with Crippen molar-refractivity contribution in [3.8, 4) is 0 Å². The summed E-state index contributed by atoms with van der Waals surface area (Å²) in [4.78, 5) is 25.2. The van der Waals surface area contributed by atoms with Crippen LogP contribution in [-0.2, 0) is 14.3 Å². The lowest BCUT2D eigenvalue weighted by Gasteiger charge is -2.34. The minimum Gasteiger partial charge on any atom is -0.479 e. The molecule has 2 aliphatic rings. The third kappa shape index (κ3) is 3.58. The van der Waals surface area contributed by atoms with E-state index < -0.39 is 18.2 Å². The third-order valence-electron chi connectivity index (χ3n) is 4.72. The van der Waals surface area contributed by atoms with Crippen LogP contribution in [0.1, 0.15) is 37.2 Å². The molecule has 1 amide bonds. The fourth-order valence-electron chi connectivity index (χ4n) is 3.42. The summed E-state index contributed by atoms with van der Waals surface area (Å²) in [6, 6.07) is 8.22. The van der Waals surface area contributed by atoms with Crippen LogP contribution in [0.2, 0.25) is 0 Å². The van der Waals surface area contributed by atoms with E-state index in [-0.39, 0.29) is 5.91 Å². The standard InChI is InChI=1S/C17H20BrNO4/c18-13-4-2-1-3-12(13)11-7-9-19(10-8-11)16(20)14-5-6-15(23-14)17(21)22/h1-4,11,14-15H,5-10H2,(H,21,22)/t14-,15+/m0/s1. The number of likely N-dealkylation sites (tertiary alicyclic amines) is 1. The Bertz CT molecular complexity index is 598. The van der Waals surface area contributed by atoms with Gasteiger partial charge in [0.05, 0.1) is 0 Å². The highest BCUT2D eigenvalue weighted by Gasteiger charge is 2.37. The van der Waals surface area contributed by atoms with Gasteiger partial charge in [0.2, 0.25) is 0 Å². The monoisotopic (exact) mass is 381 g/mol. The number of carbonyl (C=O) groups excluding carboxylic acids is 1. The van der Waals surface area contributed by atoms with E-state index in [9.17, 15) is 9.59 Å². The van der Waals surface area contributed by atoms with E-state index in [1.807, 2.05) is 23.1 Å². The number of rotatable bonds is 3. The molecular formula is C17H20BrNO4. The summed E-state index contributed by atoms with van der Waals surface area (Å²) in [6.45, 7) is 1.39. The first-order valence-corrected chi connectivity index (χ1v) is 8.77. The van der Waals surface area contributed by atoms with Crippen molar-refractivity contribution in [1.29, 1.82) is 0 Å². The summed E-state index contributed by atoms with van der Waals surface area (Å²) < 4.78 is 6.49. The van der Waals surface area contributed by atoms with Crippen LogP contribution in [0, 0.1) is 0 Å². The summed E-state index contributed by atoms with van der Waals surface area (Å²) >= 11 is 3.59. The maximum Gasteiger partial charge on any atom is 0.332 e. The molecule has 0 aliphatic carbocycles. The smallest absolute Gasteiger partial charge is 0.332 e. The first-order chi connectivity index (χ1) is 11.1. The van der Waals surface area contributed by atoms with Crippen molar-refractivity contribution in [3.05, 3.63) is 34.3 Å². The van der Waals surface area contributed by atoms with Crippen LogP contribution >= 0.6 is 15.9 Å². The largest absolute Gasteiger partial charge is 0.479 e. The Morgan fingerprint density at radius 2 is 1.74 bits per heavy atom. The van der Waals surface area contributed by atoms with Gasteiger partial charge in [-0.05, 0) is 43.2 Å². The molecule has 6 heteroatoms. The number of aliphatic carboxylic acids is 1. The van der Waals surface area contributed by atoms with Gasteiger partial charge in [-0.1, -0.05) is 34.1 Å². The lowest BCUT2D eigenvalue weighted by molar-refractivity contribution is -0.155. The summed E-state index contributed by atoms with van der Waals surface area (Å²) in [6.07, 6.45) is 1.34. The van der Waals surface area contributed by atoms with Crippen molar-refractivity contribution in [1.82, 2.24) is 4.90 Å². The van der Waals surface area contributed by atoms with E-state index in [1.165, 1.54) is 5.56 Å². The van der Waals surface area contributed by atoms with E-state index in [4.69, 9.17) is 9.84 Å². The number of nitrogens with zero attached hydrogens (tertiary/aromatic N) is 1. The Morgan fingerprint density at radius 1 is 1.09 bits per heavy atom. The van der Waals surface area contributed by atoms with Crippen molar-refractivity contribution < 1.29 is 19.4 Å². The molecule has 5 nitrogen and oxygen atoms in total. The number of amides is 1. The number of piperidine rings is 1. The fraction of sp³-hybridized carbons (Fsp3) is 0.529. The zero-order valence-electron chi connectivity index (χ0n) is 12.8. The quantitative estimate of drug-likeness (QED) is 0.873. The molecule has 0 unspecified atom stereocenters. The van der Waals surface area contributed by atoms with Crippen molar-refractivity contribution >= 4 is 27.8 Å². The van der Waals surface area contributed by atoms with E-state index in [0.717, 1.165) is 17.3 Å². The molecule has 2 aliphatic heterocycles. The molecule has 1 N–H and O–H groups in total. The highest BCUT2D eigenvalue weighted by molar-refractivity contribution is 9.10. The van der Waals surface area contributed by atoms with Crippen LogP contribution in [0.3, 0.4) is 0 Å². The summed E-state index contributed by atoms with van der Waals surface area (Å²) in [5.74, 6) is -0.585. The minimum atomic E-state index is -0.979. The molecule has 0 saturated carbocycles. The van der Waals surface area contributed by atoms with E-state index in [0.29, 0.717) is 31.8 Å². The van der Waals surface area contributed by atoms with E-state index in [2.05, 4.69) is 22.0 Å². The molecule has 2 fully saturated rings. The zero-order valence-corrected chi connectivity index (χ0v) is 14.4. The summed E-state index contributed by atoms with van der Waals surface area (Å²) in [5.41, 5.74) is 1.29. The molecule has 0 radical (unpaired) electrons. The van der Waals surface area contributed by atoms with E-state index in [1.54, 1.807) is 0 Å². The van der Waals surface area contributed by atoms with Crippen LogP contribution in [0.15, 0.2) is 28.7 Å². The van der Waals surface area contributed by atoms with Crippen LogP contribution in [-0.4, -0.2) is 47.2 Å². The highest BCUT2D eigenvalue weighted by atomic mass is 79.9. The van der Waals surface area contributed by atoms with Gasteiger partial charge in [0.1, 0.15) is 6.10 Å². The fourth-order valence-corrected chi connectivity index (χ4v) is 4.03. The molecular weight excluding hydrogens is 362 g/mol. The third-order valence-corrected chi connectivity index (χ3v) is 5.44. The molecule has 1 aromatic rings. The normalized spacial score (nSPS) is 25.5. The number of carboxylic acids is 1. The Labute approximate surface area is 143 Å². The van der Waals surface area contributed by atoms with Gasteiger partial charge >= 0.3 is 5.97 Å². The maximum atomic E-state index is 12.5. The predicted molar refractivity (Wildman–Crippen MR) is 88.2 cm³/mol. The molecule has 2 atom stereocenters. The van der Waals surface area contributed by atoms with Gasteiger partial charge in [-0.2, -0.15) is 0 Å². The molecule has 0 aromatic heterocycles. The number of carbonyl (C=O) groups is 2. The summed E-state index contributed by atoms with van der Waals surface area (Å²) in [7, 11) is 0. The Kier molecular flexibility index (Phi) is 5.02. The molecule has 2 heterocycles. The lowest BCUT2D eigenvalue weighted by Crippen LogP contribution is -2.43. The number of halogens is 1. The number of hydrogen-bond acceptors (Lipinski definition) is 3. The van der Waals surface area contributed by atoms with Crippen molar-refractivity contribution in [2.24, 2.45) is 0 Å². The molecule has 0 spiro atoms. The van der Waals surface area contributed by atoms with Crippen molar-refractivity contribution in [3.63, 3.8) is 0 Å². The maximum absolute atomic E-state index is 12.5. The summed E-state index contributed by atoms with van der Waals surface area (Å²) in [5, 5.41) is 8.96. The van der Waals surface area contributed by atoms with Crippen LogP contribution in [0.5, 0.6) is 0 Å². The molecule has 0 bridgehead atoms. The average molecular weight is 382 g/mol. The predicted octanol–water partition coefficient (Wildman–Crippen LogP) is 2.79. The Morgan fingerprint density at radius 3 is 2.35 bits per heavy atom. The van der Waals surface area contributed by atoms with Crippen LogP contribution in [0.25, 0.3) is 0 Å². The van der Waals surface area contributed by atoms with Gasteiger partial charge < -0.3 is 14.7 Å². The molecule has 23 heavy (non-hydrogen) atoms. The number of ether oxygens (including phenoxy) is 1. The van der Waals surface area contributed by atoms with Gasteiger partial charge in [0.25, 0.3) is 5.91 Å². The lowest BCUT2D eigenvalue weighted by atomic mass is 9.89. The molecule has 1 aromatic carbocycles. The number of hydrogen-bond donors (Lipinski definition) is 1. The topological polar surface area (TPSA) is 66.8 Å². The number of carboxylic acid groups (broad SMARTS) is 1. The van der Waals surface area contributed by atoms with Crippen molar-refractivity contribution in [2.45, 2.75) is 43.8 Å². The Balaban J connectivity index is 1.56. The van der Waals surface area contributed by atoms with Gasteiger partial charge in [0, 0.05) is 17.6 Å². The molecule has 124 valence electrons. The number of benzene rings is 1. The molecule has 3 rings (SSSR count). The minimum absolute atomic E-state index is 0.0562. The SMILES string of the molecule is O=C(O)[C@H]1CC[C@@H](C(=O)N2CCC(c3ccccc3Br)CC2)O1. The van der Waals surface area contributed by atoms with Crippen LogP contribution < -0.4 is 0 Å². The second kappa shape index (κ2) is 7.01. The van der Waals surface area contributed by atoms with Gasteiger partial charge in [0.15, 0.2) is 6.10 Å². The van der Waals surface area contributed by atoms with Gasteiger partial charge in [-0.25, -0.2) is 4.79 Å². The van der Waals surface area contributed by atoms with Gasteiger partial charge in [-0.3, -0.25) is 4.79 Å². The molecule has 2 saturated heterocycles. The van der Waals surface area contributed by atoms with Gasteiger partial charge in [-0.15, -0.1) is 0 Å². The van der Waals surface area contributed by atoms with Crippen LogP contribution in [0.4, 0.5) is 0 Å². The van der Waals surface area contributed by atoms with Crippen molar-refractivity contribution in [2.75, 3.05) is 13.1 Å². The zero-order chi connectivity index (χ0) is 16.4. The Hall–Kier alpha value is -1.40. The first-order valence-electron chi connectivity index (χ1n) is 7.97. The highest BCUT2D eigenvalue weighted by Crippen LogP contribution is 2.33. The van der Waals surface area contributed by atoms with E-state index >= 15 is 0 Å². The first kappa shape index (κ1) is 16.5. The second-order valence-electron chi connectivity index (χ2n) is 6.15. The second-order valence-corrected chi connectivity index (χ2v) is 7.00. The average Bonchev–Trinajstić information content (AvgIpc) is 3.05.